The number of nitrogens with zero attached hydrogens (tertiary/aromatic N) is 2. The van der Waals surface area contributed by atoms with Crippen LogP contribution in [0, 0.1) is 19.4 Å². The Morgan fingerprint density at radius 2 is 2.07 bits per heavy atom. The fourth-order valence-corrected chi connectivity index (χ4v) is 1.64. The van der Waals surface area contributed by atoms with Gasteiger partial charge in [0.1, 0.15) is 0 Å². The fourth-order valence-electron chi connectivity index (χ4n) is 1.40. The van der Waals surface area contributed by atoms with Crippen molar-refractivity contribution in [3.05, 3.63) is 29.2 Å². The first-order chi connectivity index (χ1) is 7.24. The lowest BCUT2D eigenvalue weighted by Crippen LogP contribution is -1.87. The molecule has 0 aliphatic heterocycles. The van der Waals surface area contributed by atoms with E-state index in [1.54, 1.807) is 23.2 Å². The quantitative estimate of drug-likeness (QED) is 0.622. The predicted octanol–water partition coefficient (Wildman–Crippen LogP) is 3.46. The Hall–Kier alpha value is -1.46. The van der Waals surface area contributed by atoms with E-state index in [4.69, 9.17) is 18.0 Å². The van der Waals surface area contributed by atoms with Gasteiger partial charge in [0, 0.05) is 30.0 Å². The zero-order chi connectivity index (χ0) is 11.4. The molecule has 0 N–H and O–H groups in total. The molecule has 0 spiro atoms. The molecule has 0 amide bonds. The minimum atomic E-state index is 0.643. The molecule has 2 aromatic heterocycles. The van der Waals surface area contributed by atoms with Gasteiger partial charge in [0.25, 0.3) is 0 Å². The van der Waals surface area contributed by atoms with Gasteiger partial charge >= 0.3 is 0 Å². The van der Waals surface area contributed by atoms with E-state index in [1.807, 2.05) is 20.8 Å². The van der Waals surface area contributed by atoms with Crippen LogP contribution in [0.5, 0.6) is 0 Å². The molecular formula is C12H13ClN2. The van der Waals surface area contributed by atoms with Crippen molar-refractivity contribution in [3.8, 4) is 12.5 Å². The van der Waals surface area contributed by atoms with Crippen molar-refractivity contribution in [2.75, 3.05) is 0 Å². The van der Waals surface area contributed by atoms with E-state index < -0.39 is 0 Å². The van der Waals surface area contributed by atoms with E-state index in [-0.39, 0.29) is 0 Å². The van der Waals surface area contributed by atoms with Crippen LogP contribution < -0.4 is 0 Å². The molecule has 78 valence electrons. The molecular weight excluding hydrogens is 208 g/mol. The first-order valence-corrected chi connectivity index (χ1v) is 5.19. The number of terminal acetylenes is 1. The van der Waals surface area contributed by atoms with E-state index in [1.165, 1.54) is 0 Å². The van der Waals surface area contributed by atoms with Gasteiger partial charge in [-0.2, -0.15) is 0 Å². The van der Waals surface area contributed by atoms with Crippen LogP contribution >= 0.6 is 11.6 Å². The Kier molecular flexibility index (Phi) is 3.76. The van der Waals surface area contributed by atoms with Gasteiger partial charge in [-0.05, 0) is 12.5 Å². The highest BCUT2D eigenvalue weighted by Crippen LogP contribution is 2.26. The molecule has 0 fully saturated rings. The van der Waals surface area contributed by atoms with Crippen molar-refractivity contribution in [2.45, 2.75) is 20.8 Å². The third-order valence-corrected chi connectivity index (χ3v) is 2.28. The molecule has 2 nitrogen and oxygen atoms in total. The van der Waals surface area contributed by atoms with E-state index in [9.17, 15) is 0 Å². The summed E-state index contributed by atoms with van der Waals surface area (Å²) in [5, 5.41) is 1.55. The second-order valence-electron chi connectivity index (χ2n) is 2.83. The maximum absolute atomic E-state index is 5.97. The van der Waals surface area contributed by atoms with Crippen LogP contribution in [0.15, 0.2) is 18.6 Å². The van der Waals surface area contributed by atoms with Crippen molar-refractivity contribution in [3.63, 3.8) is 0 Å². The second kappa shape index (κ2) is 4.86. The van der Waals surface area contributed by atoms with Gasteiger partial charge in [-0.25, -0.2) is 0 Å². The fraction of sp³-hybridized carbons (Fsp3) is 0.250. The number of rotatable bonds is 0. The van der Waals surface area contributed by atoms with Gasteiger partial charge in [0.05, 0.1) is 10.5 Å². The number of aryl methyl sites for hydroxylation is 1. The topological polar surface area (TPSA) is 17.8 Å². The maximum Gasteiger partial charge on any atom is 0.0689 e. The molecule has 0 bridgehead atoms. The molecule has 2 aromatic rings. The highest BCUT2D eigenvalue weighted by atomic mass is 35.5. The van der Waals surface area contributed by atoms with Crippen LogP contribution in [-0.2, 0) is 0 Å². The summed E-state index contributed by atoms with van der Waals surface area (Å²) >= 11 is 5.97. The van der Waals surface area contributed by atoms with Crippen LogP contribution in [0.1, 0.15) is 19.4 Å². The Bertz CT molecular complexity index is 506. The smallest absolute Gasteiger partial charge is 0.0689 e. The lowest BCUT2D eigenvalue weighted by Gasteiger charge is -1.97. The van der Waals surface area contributed by atoms with Crippen molar-refractivity contribution >= 4 is 22.5 Å². The van der Waals surface area contributed by atoms with Crippen LogP contribution in [0.4, 0.5) is 0 Å². The average Bonchev–Trinajstić information content (AvgIpc) is 2.60. The molecule has 2 rings (SSSR count). The first kappa shape index (κ1) is 11.6. The minimum absolute atomic E-state index is 0.643. The summed E-state index contributed by atoms with van der Waals surface area (Å²) < 4.78 is 1.68. The van der Waals surface area contributed by atoms with E-state index in [0.29, 0.717) is 5.02 Å². The Labute approximate surface area is 94.9 Å². The number of fused-ring (bicyclic) bond motifs is 1. The van der Waals surface area contributed by atoms with Gasteiger partial charge in [0.2, 0.25) is 0 Å². The van der Waals surface area contributed by atoms with E-state index in [0.717, 1.165) is 16.5 Å². The van der Waals surface area contributed by atoms with Gasteiger partial charge in [-0.3, -0.25) is 9.55 Å². The third-order valence-electron chi connectivity index (χ3n) is 1.98. The predicted molar refractivity (Wildman–Crippen MR) is 65.1 cm³/mol. The Morgan fingerprint density at radius 1 is 1.40 bits per heavy atom. The number of hydrogen-bond acceptors (Lipinski definition) is 1. The summed E-state index contributed by atoms with van der Waals surface area (Å²) in [5.41, 5.74) is 1.99. The number of hydrogen-bond donors (Lipinski definition) is 0. The van der Waals surface area contributed by atoms with E-state index in [2.05, 4.69) is 11.0 Å². The molecule has 0 aromatic carbocycles. The van der Waals surface area contributed by atoms with Crippen molar-refractivity contribution < 1.29 is 0 Å². The highest BCUT2D eigenvalue weighted by Gasteiger charge is 2.07. The van der Waals surface area contributed by atoms with Crippen LogP contribution in [0.2, 0.25) is 5.02 Å². The van der Waals surface area contributed by atoms with Crippen molar-refractivity contribution in [1.29, 1.82) is 0 Å². The third kappa shape index (κ3) is 1.98. The molecule has 0 aliphatic rings. The molecule has 3 heteroatoms. The summed E-state index contributed by atoms with van der Waals surface area (Å²) in [4.78, 5) is 4.05. The standard InChI is InChI=1S/C10H7ClN2.C2H6/c1-3-13-6-9(11)8-5-12-4-7(2)10(8)13;1-2/h1,4-6H,2H3;1-2H3. The van der Waals surface area contributed by atoms with Gasteiger partial charge in [-0.15, -0.1) is 0 Å². The monoisotopic (exact) mass is 220 g/mol. The van der Waals surface area contributed by atoms with Gasteiger partial charge < -0.3 is 0 Å². The van der Waals surface area contributed by atoms with Gasteiger partial charge in [-0.1, -0.05) is 31.9 Å². The second-order valence-corrected chi connectivity index (χ2v) is 3.24. The van der Waals surface area contributed by atoms with Crippen LogP contribution in [-0.4, -0.2) is 9.55 Å². The lowest BCUT2D eigenvalue weighted by atomic mass is 10.2. The first-order valence-electron chi connectivity index (χ1n) is 4.82. The highest BCUT2D eigenvalue weighted by molar-refractivity contribution is 6.35. The minimum Gasteiger partial charge on any atom is -0.275 e. The molecule has 0 saturated carbocycles. The summed E-state index contributed by atoms with van der Waals surface area (Å²) in [5.74, 6) is 0. The Balaban J connectivity index is 0.000000531. The number of halogens is 1. The van der Waals surface area contributed by atoms with Crippen molar-refractivity contribution in [1.82, 2.24) is 9.55 Å². The van der Waals surface area contributed by atoms with Crippen LogP contribution in [0.25, 0.3) is 10.9 Å². The van der Waals surface area contributed by atoms with Crippen LogP contribution in [0.3, 0.4) is 0 Å². The molecule has 2 heterocycles. The molecule has 0 aliphatic carbocycles. The summed E-state index contributed by atoms with van der Waals surface area (Å²) in [6, 6.07) is 2.54. The number of pyridine rings is 1. The van der Waals surface area contributed by atoms with E-state index >= 15 is 0 Å². The average molecular weight is 221 g/mol. The van der Waals surface area contributed by atoms with Gasteiger partial charge in [0.15, 0.2) is 0 Å². The summed E-state index contributed by atoms with van der Waals surface area (Å²) in [6.07, 6.45) is 10.5. The summed E-state index contributed by atoms with van der Waals surface area (Å²) in [6.45, 7) is 5.96. The Morgan fingerprint density at radius 3 is 2.67 bits per heavy atom. The SMILES string of the molecule is C#Cn1cc(Cl)c2cncc(C)c21.CC. The molecule has 0 radical (unpaired) electrons. The zero-order valence-electron chi connectivity index (χ0n) is 9.08. The summed E-state index contributed by atoms with van der Waals surface area (Å²) in [7, 11) is 0. The lowest BCUT2D eigenvalue weighted by molar-refractivity contribution is 1.18. The molecule has 0 unspecified atom stereocenters. The zero-order valence-corrected chi connectivity index (χ0v) is 9.84. The largest absolute Gasteiger partial charge is 0.275 e. The molecule has 15 heavy (non-hydrogen) atoms. The normalized spacial score (nSPS) is 9.27. The van der Waals surface area contributed by atoms with Crippen molar-refractivity contribution in [2.24, 2.45) is 0 Å². The molecule has 0 saturated heterocycles. The maximum atomic E-state index is 5.97. The molecule has 0 atom stereocenters. The number of aromatic nitrogens is 2.